The molecule has 0 fully saturated rings. The first kappa shape index (κ1) is 42.2. The van der Waals surface area contributed by atoms with Crippen molar-refractivity contribution in [3.05, 3.63) is 119 Å². The average Bonchev–Trinajstić information content (AvgIpc) is 3.16. The lowest BCUT2D eigenvalue weighted by molar-refractivity contribution is 0.0980. The van der Waals surface area contributed by atoms with E-state index in [1.54, 1.807) is 0 Å². The molecule has 1 heterocycles. The largest absolute Gasteiger partial charge is 0.397 e. The van der Waals surface area contributed by atoms with Crippen molar-refractivity contribution in [2.45, 2.75) is 19.6 Å². The molecule has 1 aromatic heterocycles. The summed E-state index contributed by atoms with van der Waals surface area (Å²) in [5, 5.41) is 10.4. The number of para-hydroxylation sites is 2. The van der Waals surface area contributed by atoms with Gasteiger partial charge in [0.2, 0.25) is 17.8 Å². The molecule has 1 aliphatic carbocycles. The van der Waals surface area contributed by atoms with Crippen LogP contribution in [0.5, 0.6) is 0 Å². The minimum Gasteiger partial charge on any atom is -0.397 e. The molecule has 1 aliphatic rings. The summed E-state index contributed by atoms with van der Waals surface area (Å²) in [7, 11) is -20.0. The second-order valence-corrected chi connectivity index (χ2v) is 18.3. The zero-order valence-electron chi connectivity index (χ0n) is 30.2. The van der Waals surface area contributed by atoms with Crippen LogP contribution in [0.1, 0.15) is 31.8 Å². The summed E-state index contributed by atoms with van der Waals surface area (Å²) < 4.78 is 139. The molecule has 26 heteroatoms. The van der Waals surface area contributed by atoms with E-state index in [-0.39, 0.29) is 28.2 Å². The summed E-state index contributed by atoms with van der Waals surface area (Å²) in [4.78, 5) is 36.7. The van der Waals surface area contributed by atoms with Gasteiger partial charge in [0.1, 0.15) is 19.6 Å². The number of nitrogens with two attached hydrogens (primary N) is 1. The van der Waals surface area contributed by atoms with Gasteiger partial charge in [0.05, 0.1) is 39.6 Å². The summed E-state index contributed by atoms with van der Waals surface area (Å²) in [6.45, 7) is 0. The number of rotatable bonds is 12. The number of carbonyl (C=O) groups excluding carboxylic acids is 2. The van der Waals surface area contributed by atoms with Crippen molar-refractivity contribution < 1.29 is 61.5 Å². The molecule has 0 amide bonds. The first-order chi connectivity index (χ1) is 28.5. The molecule has 7 rings (SSSR count). The van der Waals surface area contributed by atoms with Crippen LogP contribution in [-0.2, 0) is 40.5 Å². The predicted octanol–water partition coefficient (Wildman–Crippen LogP) is 4.19. The fourth-order valence-electron chi connectivity index (χ4n) is 6.17. The molecule has 0 atom stereocenters. The lowest BCUT2D eigenvalue weighted by atomic mass is 9.82. The predicted molar refractivity (Wildman–Crippen MR) is 216 cm³/mol. The molecule has 0 aliphatic heterocycles. The fourth-order valence-corrected chi connectivity index (χ4v) is 8.79. The van der Waals surface area contributed by atoms with Gasteiger partial charge >= 0.3 is 0 Å². The van der Waals surface area contributed by atoms with Crippen LogP contribution in [0, 0.1) is 0 Å². The Kier molecular flexibility index (Phi) is 10.6. The standard InChI is InChI=1S/C35H26N8O14S4/c36-30-27(61(55,56)57)16-23(28-29(30)32(45)19-8-2-1-7-18(19)31(28)44)38-22-14-13-17(15-26(22)60(52,53)54)37-33-41-34(39-20-9-3-5-11-24(20)58(46,47)48)43-35(42-33)40-21-10-4-6-12-25(21)59(49,50)51/h1-16,38H,36H2,(H,46,47,48)(H,49,50,51)(H,52,53,54)(H,55,56,57)(H3,37,39,40,41,42,43). The highest BCUT2D eigenvalue weighted by molar-refractivity contribution is 7.86. The minimum atomic E-state index is -5.23. The molecule has 61 heavy (non-hydrogen) atoms. The van der Waals surface area contributed by atoms with E-state index in [2.05, 4.69) is 36.2 Å². The third-order valence-electron chi connectivity index (χ3n) is 8.72. The number of benzene rings is 5. The maximum atomic E-state index is 13.8. The van der Waals surface area contributed by atoms with E-state index in [0.29, 0.717) is 6.07 Å². The van der Waals surface area contributed by atoms with Crippen LogP contribution in [0.3, 0.4) is 0 Å². The van der Waals surface area contributed by atoms with Gasteiger partial charge in [-0.3, -0.25) is 27.8 Å². The number of nitrogens with zero attached hydrogens (tertiary/aromatic N) is 3. The van der Waals surface area contributed by atoms with Gasteiger partial charge in [0.25, 0.3) is 40.5 Å². The fraction of sp³-hybridized carbons (Fsp3) is 0. The Morgan fingerprint density at radius 2 is 0.836 bits per heavy atom. The van der Waals surface area contributed by atoms with Gasteiger partial charge in [0, 0.05) is 16.8 Å². The van der Waals surface area contributed by atoms with Crippen molar-refractivity contribution in [1.82, 2.24) is 15.0 Å². The zero-order chi connectivity index (χ0) is 44.2. The second kappa shape index (κ2) is 15.3. The number of ketones is 2. The lowest BCUT2D eigenvalue weighted by Crippen LogP contribution is -2.25. The summed E-state index contributed by atoms with van der Waals surface area (Å²) in [5.74, 6) is -3.05. The highest BCUT2D eigenvalue weighted by Gasteiger charge is 2.37. The molecular weight excluding hydrogens is 885 g/mol. The van der Waals surface area contributed by atoms with E-state index >= 15 is 0 Å². The van der Waals surface area contributed by atoms with Crippen LogP contribution < -0.4 is 27.0 Å². The highest BCUT2D eigenvalue weighted by atomic mass is 32.2. The van der Waals surface area contributed by atoms with E-state index in [0.717, 1.165) is 24.3 Å². The molecule has 0 bridgehead atoms. The number of anilines is 9. The lowest BCUT2D eigenvalue weighted by Gasteiger charge is -2.24. The molecule has 0 saturated heterocycles. The van der Waals surface area contributed by atoms with Gasteiger partial charge in [-0.15, -0.1) is 0 Å². The van der Waals surface area contributed by atoms with Gasteiger partial charge < -0.3 is 27.0 Å². The Labute approximate surface area is 344 Å². The van der Waals surface area contributed by atoms with Crippen molar-refractivity contribution >= 4 is 104 Å². The maximum absolute atomic E-state index is 13.8. The Bertz CT molecular complexity index is 3240. The first-order valence-electron chi connectivity index (χ1n) is 16.7. The van der Waals surface area contributed by atoms with Crippen molar-refractivity contribution in [3.8, 4) is 0 Å². The average molecular weight is 911 g/mol. The van der Waals surface area contributed by atoms with Crippen LogP contribution in [0.25, 0.3) is 0 Å². The van der Waals surface area contributed by atoms with Gasteiger partial charge in [-0.25, -0.2) is 0 Å². The summed E-state index contributed by atoms with van der Waals surface area (Å²) in [6.07, 6.45) is 0. The number of nitrogen functional groups attached to an aromatic ring is 1. The molecule has 6 aromatic rings. The molecule has 0 radical (unpaired) electrons. The van der Waals surface area contributed by atoms with E-state index in [1.807, 2.05) is 0 Å². The zero-order valence-corrected chi connectivity index (χ0v) is 33.4. The number of hydrogen-bond donors (Lipinski definition) is 9. The SMILES string of the molecule is Nc1c(S(=O)(=O)O)cc(Nc2ccc(Nc3nc(Nc4ccccc4S(=O)(=O)O)nc(Nc4ccccc4S(=O)(=O)O)n3)cc2S(=O)(=O)O)c2c1C(=O)c1ccccc1C2=O. The molecule has 0 unspecified atom stereocenters. The van der Waals surface area contributed by atoms with Crippen LogP contribution in [0.2, 0.25) is 0 Å². The Balaban J connectivity index is 1.32. The molecule has 10 N–H and O–H groups in total. The van der Waals surface area contributed by atoms with E-state index in [4.69, 9.17) is 5.73 Å². The van der Waals surface area contributed by atoms with E-state index in [9.17, 15) is 61.5 Å². The normalized spacial score (nSPS) is 12.9. The first-order valence-corrected chi connectivity index (χ1v) is 22.5. The molecular formula is C35H26N8O14S4. The van der Waals surface area contributed by atoms with Crippen LogP contribution in [-0.4, -0.2) is 78.4 Å². The third-order valence-corrected chi connectivity index (χ3v) is 12.3. The Morgan fingerprint density at radius 1 is 0.426 bits per heavy atom. The van der Waals surface area contributed by atoms with E-state index < -0.39 is 118 Å². The van der Waals surface area contributed by atoms with E-state index in [1.165, 1.54) is 66.7 Å². The number of aromatic nitrogens is 3. The topological polar surface area (TPSA) is 364 Å². The van der Waals surface area contributed by atoms with Crippen LogP contribution in [0.15, 0.2) is 117 Å². The van der Waals surface area contributed by atoms with Gasteiger partial charge in [0.15, 0.2) is 11.6 Å². The number of fused-ring (bicyclic) bond motifs is 2. The Hall–Kier alpha value is -6.91. The Morgan fingerprint density at radius 3 is 1.31 bits per heavy atom. The quantitative estimate of drug-likeness (QED) is 0.0613. The summed E-state index contributed by atoms with van der Waals surface area (Å²) in [6, 6.07) is 19.3. The molecule has 0 spiro atoms. The number of nitrogens with one attached hydrogen (secondary N) is 4. The monoisotopic (exact) mass is 910 g/mol. The molecule has 22 nitrogen and oxygen atoms in total. The van der Waals surface area contributed by atoms with Crippen molar-refractivity contribution in [2.75, 3.05) is 27.0 Å². The summed E-state index contributed by atoms with van der Waals surface area (Å²) >= 11 is 0. The molecule has 5 aromatic carbocycles. The van der Waals surface area contributed by atoms with Gasteiger partial charge in [-0.1, -0.05) is 48.5 Å². The van der Waals surface area contributed by atoms with Crippen molar-refractivity contribution in [3.63, 3.8) is 0 Å². The second-order valence-electron chi connectivity index (χ2n) is 12.7. The molecule has 314 valence electrons. The third kappa shape index (κ3) is 8.58. The van der Waals surface area contributed by atoms with Crippen molar-refractivity contribution in [2.24, 2.45) is 0 Å². The van der Waals surface area contributed by atoms with Crippen LogP contribution >= 0.6 is 0 Å². The maximum Gasteiger partial charge on any atom is 0.296 e. The number of hydrogen-bond acceptors (Lipinski definition) is 18. The smallest absolute Gasteiger partial charge is 0.296 e. The highest BCUT2D eigenvalue weighted by Crippen LogP contribution is 2.41. The van der Waals surface area contributed by atoms with Gasteiger partial charge in [-0.2, -0.15) is 48.6 Å². The summed E-state index contributed by atoms with van der Waals surface area (Å²) in [5.41, 5.74) is 2.30. The van der Waals surface area contributed by atoms with Crippen LogP contribution in [0.4, 0.5) is 52.0 Å². The number of carbonyl (C=O) groups is 2. The van der Waals surface area contributed by atoms with Crippen molar-refractivity contribution in [1.29, 1.82) is 0 Å². The van der Waals surface area contributed by atoms with Gasteiger partial charge in [-0.05, 0) is 48.5 Å². The molecule has 0 saturated carbocycles. The minimum absolute atomic E-state index is 0.0976.